The Hall–Kier alpha value is -0.340. The first-order valence-corrected chi connectivity index (χ1v) is 6.17. The van der Waals surface area contributed by atoms with Crippen LogP contribution in [-0.2, 0) is 0 Å². The molecular weight excluding hydrogens is 186 g/mol. The molecule has 90 valence electrons. The molecule has 0 aliphatic rings. The van der Waals surface area contributed by atoms with Gasteiger partial charge in [-0.05, 0) is 38.1 Å². The third-order valence-electron chi connectivity index (χ3n) is 2.74. The van der Waals surface area contributed by atoms with Crippen LogP contribution in [0.2, 0.25) is 0 Å². The van der Waals surface area contributed by atoms with Gasteiger partial charge < -0.3 is 10.4 Å². The van der Waals surface area contributed by atoms with Crippen molar-refractivity contribution in [1.29, 1.82) is 0 Å². The lowest BCUT2D eigenvalue weighted by molar-refractivity contribution is 0.244. The molecule has 0 rings (SSSR count). The summed E-state index contributed by atoms with van der Waals surface area (Å²) in [4.78, 5) is 0. The first-order valence-electron chi connectivity index (χ1n) is 6.17. The smallest absolute Gasteiger partial charge is 0.0445 e. The van der Waals surface area contributed by atoms with E-state index in [1.165, 1.54) is 19.3 Å². The number of unbranched alkanes of at least 4 members (excludes halogenated alkanes) is 3. The zero-order chi connectivity index (χ0) is 11.5. The van der Waals surface area contributed by atoms with E-state index in [-0.39, 0.29) is 6.61 Å². The minimum atomic E-state index is 0.284. The molecule has 0 radical (unpaired) electrons. The van der Waals surface area contributed by atoms with Gasteiger partial charge in [0.05, 0.1) is 0 Å². The van der Waals surface area contributed by atoms with Crippen LogP contribution in [0.4, 0.5) is 0 Å². The van der Waals surface area contributed by atoms with Crippen LogP contribution < -0.4 is 5.32 Å². The number of hydrogen-bond donors (Lipinski definition) is 2. The van der Waals surface area contributed by atoms with Crippen molar-refractivity contribution in [3.8, 4) is 0 Å². The molecule has 0 spiro atoms. The zero-order valence-electron chi connectivity index (χ0n) is 10.3. The average molecular weight is 213 g/mol. The fourth-order valence-electron chi connectivity index (χ4n) is 1.69. The second kappa shape index (κ2) is 10.2. The maximum absolute atomic E-state index is 8.91. The molecule has 0 aromatic carbocycles. The quantitative estimate of drug-likeness (QED) is 0.432. The lowest BCUT2D eigenvalue weighted by Crippen LogP contribution is -2.35. The van der Waals surface area contributed by atoms with Gasteiger partial charge in [-0.2, -0.15) is 0 Å². The first kappa shape index (κ1) is 14.7. The first-order chi connectivity index (χ1) is 7.22. The molecule has 0 aromatic rings. The lowest BCUT2D eigenvalue weighted by Gasteiger charge is -2.21. The van der Waals surface area contributed by atoms with Crippen LogP contribution in [0.25, 0.3) is 0 Å². The average Bonchev–Trinajstić information content (AvgIpc) is 2.21. The van der Waals surface area contributed by atoms with Crippen molar-refractivity contribution in [3.05, 3.63) is 12.7 Å². The number of aliphatic hydroxyl groups is 1. The summed E-state index contributed by atoms with van der Waals surface area (Å²) in [5, 5.41) is 12.4. The molecule has 0 saturated carbocycles. The molecule has 0 aromatic heterocycles. The summed E-state index contributed by atoms with van der Waals surface area (Å²) in [6.45, 7) is 9.46. The van der Waals surface area contributed by atoms with E-state index >= 15 is 0 Å². The van der Waals surface area contributed by atoms with Crippen molar-refractivity contribution >= 4 is 0 Å². The van der Waals surface area contributed by atoms with Crippen LogP contribution >= 0.6 is 0 Å². The van der Waals surface area contributed by atoms with Gasteiger partial charge in [0.2, 0.25) is 0 Å². The van der Waals surface area contributed by atoms with Crippen molar-refractivity contribution in [3.63, 3.8) is 0 Å². The molecule has 2 nitrogen and oxygen atoms in total. The van der Waals surface area contributed by atoms with Crippen LogP contribution in [-0.4, -0.2) is 24.3 Å². The Kier molecular flexibility index (Phi) is 9.96. The van der Waals surface area contributed by atoms with Crippen molar-refractivity contribution in [2.75, 3.05) is 13.2 Å². The monoisotopic (exact) mass is 213 g/mol. The third kappa shape index (κ3) is 8.64. The minimum absolute atomic E-state index is 0.284. The normalized spacial score (nSPS) is 13.1. The van der Waals surface area contributed by atoms with Gasteiger partial charge in [0.1, 0.15) is 0 Å². The molecule has 2 heteroatoms. The molecule has 0 heterocycles. The summed E-state index contributed by atoms with van der Waals surface area (Å²) in [6, 6.07) is 0.467. The topological polar surface area (TPSA) is 32.3 Å². The van der Waals surface area contributed by atoms with E-state index in [9.17, 15) is 0 Å². The van der Waals surface area contributed by atoms with Crippen molar-refractivity contribution < 1.29 is 5.11 Å². The van der Waals surface area contributed by atoms with Gasteiger partial charge in [0.15, 0.2) is 0 Å². The van der Waals surface area contributed by atoms with Crippen LogP contribution in [0.3, 0.4) is 0 Å². The molecule has 0 bridgehead atoms. The highest BCUT2D eigenvalue weighted by Gasteiger charge is 2.10. The summed E-state index contributed by atoms with van der Waals surface area (Å²) in [6.07, 6.45) is 7.72. The predicted octanol–water partition coefficient (Wildman–Crippen LogP) is 2.73. The van der Waals surface area contributed by atoms with Gasteiger partial charge in [-0.3, -0.25) is 0 Å². The highest BCUT2D eigenvalue weighted by atomic mass is 16.3. The Labute approximate surface area is 94.8 Å². The second-order valence-corrected chi connectivity index (χ2v) is 4.45. The van der Waals surface area contributed by atoms with Gasteiger partial charge in [0.25, 0.3) is 0 Å². The number of aliphatic hydroxyl groups excluding tert-OH is 1. The van der Waals surface area contributed by atoms with Gasteiger partial charge >= 0.3 is 0 Å². The van der Waals surface area contributed by atoms with E-state index in [0.717, 1.165) is 19.4 Å². The number of rotatable bonds is 10. The summed E-state index contributed by atoms with van der Waals surface area (Å²) in [5.41, 5.74) is 0. The summed E-state index contributed by atoms with van der Waals surface area (Å²) in [5.74, 6) is 0.602. The van der Waals surface area contributed by atoms with Crippen LogP contribution in [0.15, 0.2) is 12.7 Å². The molecule has 1 atom stereocenters. The van der Waals surface area contributed by atoms with Gasteiger partial charge in [-0.15, -0.1) is 6.58 Å². The molecular formula is C13H27NO. The van der Waals surface area contributed by atoms with E-state index in [0.29, 0.717) is 12.0 Å². The van der Waals surface area contributed by atoms with Crippen molar-refractivity contribution in [1.82, 2.24) is 5.32 Å². The molecule has 0 fully saturated rings. The molecule has 0 amide bonds. The van der Waals surface area contributed by atoms with Gasteiger partial charge in [-0.1, -0.05) is 26.3 Å². The molecule has 1 unspecified atom stereocenters. The largest absolute Gasteiger partial charge is 0.396 e. The van der Waals surface area contributed by atoms with E-state index in [1.54, 1.807) is 0 Å². The van der Waals surface area contributed by atoms with E-state index in [4.69, 9.17) is 5.11 Å². The fourth-order valence-corrected chi connectivity index (χ4v) is 1.69. The second-order valence-electron chi connectivity index (χ2n) is 4.45. The van der Waals surface area contributed by atoms with Crippen LogP contribution in [0, 0.1) is 5.92 Å². The molecule has 0 aliphatic heterocycles. The van der Waals surface area contributed by atoms with Crippen molar-refractivity contribution in [2.45, 2.75) is 52.0 Å². The molecule has 15 heavy (non-hydrogen) atoms. The molecule has 0 saturated heterocycles. The van der Waals surface area contributed by atoms with Crippen molar-refractivity contribution in [2.24, 2.45) is 5.92 Å². The van der Waals surface area contributed by atoms with Crippen LogP contribution in [0.1, 0.15) is 46.0 Å². The van der Waals surface area contributed by atoms with Gasteiger partial charge in [0, 0.05) is 12.6 Å². The fraction of sp³-hybridized carbons (Fsp3) is 0.846. The molecule has 2 N–H and O–H groups in total. The highest BCUT2D eigenvalue weighted by molar-refractivity contribution is 4.70. The Bertz CT molecular complexity index is 145. The highest BCUT2D eigenvalue weighted by Crippen LogP contribution is 2.06. The lowest BCUT2D eigenvalue weighted by atomic mass is 10.0. The predicted molar refractivity (Wildman–Crippen MR) is 67.0 cm³/mol. The number of nitrogens with one attached hydrogen (secondary N) is 1. The van der Waals surface area contributed by atoms with Crippen LogP contribution in [0.5, 0.6) is 0 Å². The Morgan fingerprint density at radius 3 is 2.53 bits per heavy atom. The Morgan fingerprint density at radius 2 is 2.00 bits per heavy atom. The summed E-state index contributed by atoms with van der Waals surface area (Å²) >= 11 is 0. The van der Waals surface area contributed by atoms with Gasteiger partial charge in [-0.25, -0.2) is 0 Å². The van der Waals surface area contributed by atoms with E-state index in [2.05, 4.69) is 25.7 Å². The summed E-state index contributed by atoms with van der Waals surface area (Å²) in [7, 11) is 0. The standard InChI is InChI=1S/C13H27NO/c1-4-5-6-7-8-10-14-13(9-11-15)12(2)3/h4,12-15H,1,5-11H2,2-3H3. The molecule has 0 aliphatic carbocycles. The number of hydrogen-bond acceptors (Lipinski definition) is 2. The van der Waals surface area contributed by atoms with E-state index in [1.807, 2.05) is 6.08 Å². The Morgan fingerprint density at radius 1 is 1.27 bits per heavy atom. The zero-order valence-corrected chi connectivity index (χ0v) is 10.3. The minimum Gasteiger partial charge on any atom is -0.396 e. The third-order valence-corrected chi connectivity index (χ3v) is 2.74. The number of allylic oxidation sites excluding steroid dienone is 1. The maximum Gasteiger partial charge on any atom is 0.0445 e. The SMILES string of the molecule is C=CCCCCCNC(CCO)C(C)C. The Balaban J connectivity index is 3.40. The maximum atomic E-state index is 8.91. The van der Waals surface area contributed by atoms with E-state index < -0.39 is 0 Å². The summed E-state index contributed by atoms with van der Waals surface area (Å²) < 4.78 is 0.